The number of nitrogens with zero attached hydrogens (tertiary/aromatic N) is 2. The van der Waals surface area contributed by atoms with Crippen molar-refractivity contribution in [3.8, 4) is 0 Å². The molecule has 0 aromatic carbocycles. The van der Waals surface area contributed by atoms with Crippen LogP contribution in [0.2, 0.25) is 0 Å². The van der Waals surface area contributed by atoms with Gasteiger partial charge in [-0.15, -0.1) is 0 Å². The van der Waals surface area contributed by atoms with Crippen molar-refractivity contribution in [3.05, 3.63) is 27.6 Å². The van der Waals surface area contributed by atoms with E-state index in [1.165, 1.54) is 0 Å². The monoisotopic (exact) mass is 315 g/mol. The molecule has 4 nitrogen and oxygen atoms in total. The number of hydrogen-bond donors (Lipinski definition) is 1. The highest BCUT2D eigenvalue weighted by Gasteiger charge is 2.09. The lowest BCUT2D eigenvalue weighted by molar-refractivity contribution is -0.105. The predicted molar refractivity (Wildman–Crippen MR) is 67.0 cm³/mol. The number of imidazole rings is 1. The van der Waals surface area contributed by atoms with Crippen molar-refractivity contribution in [2.75, 3.05) is 5.32 Å². The van der Waals surface area contributed by atoms with Crippen LogP contribution in [0.1, 0.15) is 12.6 Å². The summed E-state index contributed by atoms with van der Waals surface area (Å²) in [6.07, 6.45) is 3.44. The number of rotatable bonds is 3. The summed E-state index contributed by atoms with van der Waals surface area (Å²) < 4.78 is 3.00. The van der Waals surface area contributed by atoms with Crippen LogP contribution < -0.4 is 5.32 Å². The number of aromatic nitrogens is 2. The van der Waals surface area contributed by atoms with Crippen LogP contribution in [0.25, 0.3) is 5.65 Å². The largest absolute Gasteiger partial charge is 0.313 e. The van der Waals surface area contributed by atoms with Crippen LogP contribution >= 0.6 is 22.6 Å². The fourth-order valence-corrected chi connectivity index (χ4v) is 1.98. The van der Waals surface area contributed by atoms with E-state index >= 15 is 0 Å². The zero-order valence-corrected chi connectivity index (χ0v) is 10.4. The number of anilines is 1. The fraction of sp³-hybridized carbons (Fsp3) is 0.200. The van der Waals surface area contributed by atoms with Crippen LogP contribution in [0.4, 0.5) is 5.82 Å². The first-order valence-corrected chi connectivity index (χ1v) is 5.70. The molecule has 2 rings (SSSR count). The lowest BCUT2D eigenvalue weighted by Gasteiger charge is -2.01. The molecule has 0 aliphatic heterocycles. The van der Waals surface area contributed by atoms with E-state index in [1.807, 2.05) is 29.7 Å². The van der Waals surface area contributed by atoms with Crippen LogP contribution in [0.3, 0.4) is 0 Å². The summed E-state index contributed by atoms with van der Waals surface area (Å²) in [4.78, 5) is 14.9. The standard InChI is InChI=1S/C10H10IN3O/c1-2-8-10(12-6-15)14-5-7(11)3-4-9(14)13-8/h3-6H,2H2,1H3,(H,12,15). The third kappa shape index (κ3) is 1.83. The van der Waals surface area contributed by atoms with Gasteiger partial charge in [0.25, 0.3) is 0 Å². The van der Waals surface area contributed by atoms with Crippen molar-refractivity contribution in [1.82, 2.24) is 9.38 Å². The van der Waals surface area contributed by atoms with Crippen LogP contribution in [0, 0.1) is 3.57 Å². The minimum absolute atomic E-state index is 0.683. The maximum absolute atomic E-state index is 10.5. The number of amides is 1. The lowest BCUT2D eigenvalue weighted by Crippen LogP contribution is -2.00. The van der Waals surface area contributed by atoms with Gasteiger partial charge in [-0.1, -0.05) is 6.92 Å². The second-order valence-corrected chi connectivity index (χ2v) is 4.34. The number of halogens is 1. The third-order valence-electron chi connectivity index (χ3n) is 2.19. The van der Waals surface area contributed by atoms with Crippen LogP contribution in [0.15, 0.2) is 18.3 Å². The average molecular weight is 315 g/mol. The van der Waals surface area contributed by atoms with Gasteiger partial charge >= 0.3 is 0 Å². The van der Waals surface area contributed by atoms with E-state index in [9.17, 15) is 4.79 Å². The number of hydrogen-bond acceptors (Lipinski definition) is 2. The highest BCUT2D eigenvalue weighted by atomic mass is 127. The van der Waals surface area contributed by atoms with Crippen LogP contribution in [0.5, 0.6) is 0 Å². The first-order valence-electron chi connectivity index (χ1n) is 4.63. The number of carbonyl (C=O) groups excluding carboxylic acids is 1. The van der Waals surface area contributed by atoms with E-state index in [0.717, 1.165) is 27.1 Å². The summed E-state index contributed by atoms with van der Waals surface area (Å²) >= 11 is 2.23. The highest BCUT2D eigenvalue weighted by molar-refractivity contribution is 14.1. The summed E-state index contributed by atoms with van der Waals surface area (Å²) in [6, 6.07) is 3.93. The molecule has 1 amide bonds. The zero-order chi connectivity index (χ0) is 10.8. The minimum atomic E-state index is 0.683. The smallest absolute Gasteiger partial charge is 0.212 e. The fourth-order valence-electron chi connectivity index (χ4n) is 1.52. The summed E-state index contributed by atoms with van der Waals surface area (Å²) in [5.74, 6) is 0.765. The Morgan fingerprint density at radius 3 is 3.07 bits per heavy atom. The first kappa shape index (κ1) is 10.4. The van der Waals surface area contributed by atoms with Gasteiger partial charge in [0.15, 0.2) is 0 Å². The third-order valence-corrected chi connectivity index (χ3v) is 2.82. The Kier molecular flexibility index (Phi) is 2.90. The van der Waals surface area contributed by atoms with Gasteiger partial charge in [0, 0.05) is 9.77 Å². The van der Waals surface area contributed by atoms with Crippen molar-refractivity contribution in [1.29, 1.82) is 0 Å². The van der Waals surface area contributed by atoms with Crippen molar-refractivity contribution in [2.24, 2.45) is 0 Å². The molecule has 1 N–H and O–H groups in total. The van der Waals surface area contributed by atoms with Crippen LogP contribution in [-0.4, -0.2) is 15.8 Å². The molecule has 0 unspecified atom stereocenters. The zero-order valence-electron chi connectivity index (χ0n) is 8.20. The maximum atomic E-state index is 10.5. The Hall–Kier alpha value is -1.11. The average Bonchev–Trinajstić information content (AvgIpc) is 2.57. The summed E-state index contributed by atoms with van der Waals surface area (Å²) in [7, 11) is 0. The van der Waals surface area contributed by atoms with Crippen LogP contribution in [-0.2, 0) is 11.2 Å². The van der Waals surface area contributed by atoms with Crippen molar-refractivity contribution < 1.29 is 4.79 Å². The Balaban J connectivity index is 2.70. The number of aryl methyl sites for hydroxylation is 1. The van der Waals surface area contributed by atoms with E-state index < -0.39 is 0 Å². The molecule has 0 spiro atoms. The number of nitrogens with one attached hydrogen (secondary N) is 1. The molecule has 0 fully saturated rings. The maximum Gasteiger partial charge on any atom is 0.212 e. The SMILES string of the molecule is CCc1nc2ccc(I)cn2c1NC=O. The molecule has 15 heavy (non-hydrogen) atoms. The van der Waals surface area contributed by atoms with Gasteiger partial charge in [-0.05, 0) is 41.1 Å². The molecular weight excluding hydrogens is 305 g/mol. The molecule has 0 saturated carbocycles. The lowest BCUT2D eigenvalue weighted by atomic mass is 10.3. The summed E-state index contributed by atoms with van der Waals surface area (Å²) in [6.45, 7) is 2.02. The van der Waals surface area contributed by atoms with Crippen molar-refractivity contribution in [3.63, 3.8) is 0 Å². The number of fused-ring (bicyclic) bond motifs is 1. The molecule has 0 bridgehead atoms. The summed E-state index contributed by atoms with van der Waals surface area (Å²) in [5, 5.41) is 2.69. The molecule has 5 heteroatoms. The predicted octanol–water partition coefficient (Wildman–Crippen LogP) is 2.07. The van der Waals surface area contributed by atoms with E-state index in [4.69, 9.17) is 0 Å². The van der Waals surface area contributed by atoms with E-state index in [1.54, 1.807) is 0 Å². The molecule has 0 radical (unpaired) electrons. The topological polar surface area (TPSA) is 46.4 Å². The van der Waals surface area contributed by atoms with Gasteiger partial charge in [-0.2, -0.15) is 0 Å². The molecule has 78 valence electrons. The Labute approximate surface area is 101 Å². The number of carbonyl (C=O) groups is 1. The number of pyridine rings is 1. The van der Waals surface area contributed by atoms with Crippen molar-refractivity contribution in [2.45, 2.75) is 13.3 Å². The first-order chi connectivity index (χ1) is 7.26. The second-order valence-electron chi connectivity index (χ2n) is 3.10. The quantitative estimate of drug-likeness (QED) is 0.696. The van der Waals surface area contributed by atoms with Gasteiger partial charge in [-0.25, -0.2) is 4.98 Å². The van der Waals surface area contributed by atoms with Gasteiger partial charge in [0.1, 0.15) is 11.5 Å². The Bertz CT molecular complexity index is 507. The van der Waals surface area contributed by atoms with Gasteiger partial charge < -0.3 is 5.32 Å². The van der Waals surface area contributed by atoms with E-state index in [-0.39, 0.29) is 0 Å². The van der Waals surface area contributed by atoms with Crippen molar-refractivity contribution >= 4 is 40.5 Å². The second kappa shape index (κ2) is 4.18. The van der Waals surface area contributed by atoms with E-state index in [2.05, 4.69) is 32.9 Å². The minimum Gasteiger partial charge on any atom is -0.313 e. The van der Waals surface area contributed by atoms with Gasteiger partial charge in [0.2, 0.25) is 6.41 Å². The summed E-state index contributed by atoms with van der Waals surface area (Å²) in [5.41, 5.74) is 1.76. The molecule has 2 aromatic rings. The molecular formula is C10H10IN3O. The normalized spacial score (nSPS) is 10.5. The van der Waals surface area contributed by atoms with Gasteiger partial charge in [0.05, 0.1) is 5.69 Å². The molecule has 0 aliphatic rings. The molecule has 0 atom stereocenters. The Morgan fingerprint density at radius 2 is 2.40 bits per heavy atom. The van der Waals surface area contributed by atoms with E-state index in [0.29, 0.717) is 6.41 Å². The van der Waals surface area contributed by atoms with Gasteiger partial charge in [-0.3, -0.25) is 9.20 Å². The molecule has 2 aromatic heterocycles. The molecule has 0 aliphatic carbocycles. The molecule has 2 heterocycles. The highest BCUT2D eigenvalue weighted by Crippen LogP contribution is 2.19. The Morgan fingerprint density at radius 1 is 1.60 bits per heavy atom. The molecule has 0 saturated heterocycles.